The van der Waals surface area contributed by atoms with E-state index in [0.29, 0.717) is 0 Å². The van der Waals surface area contributed by atoms with Gasteiger partial charge in [0.2, 0.25) is 0 Å². The molecule has 0 spiro atoms. The van der Waals surface area contributed by atoms with Crippen molar-refractivity contribution in [1.29, 1.82) is 0 Å². The van der Waals surface area contributed by atoms with Crippen molar-refractivity contribution in [3.63, 3.8) is 0 Å². The number of hydrogen-bond acceptors (Lipinski definition) is 2. The van der Waals surface area contributed by atoms with Gasteiger partial charge < -0.3 is 4.74 Å². The van der Waals surface area contributed by atoms with Gasteiger partial charge in [-0.3, -0.25) is 4.79 Å². The zero-order chi connectivity index (χ0) is 11.2. The summed E-state index contributed by atoms with van der Waals surface area (Å²) in [6, 6.07) is 0. The van der Waals surface area contributed by atoms with Crippen LogP contribution in [0.1, 0.15) is 60.3 Å². The van der Waals surface area contributed by atoms with E-state index in [1.807, 2.05) is 27.7 Å². The molecule has 0 aliphatic carbocycles. The highest BCUT2D eigenvalue weighted by atomic mass is 16.5. The summed E-state index contributed by atoms with van der Waals surface area (Å²) in [5, 5.41) is 0. The molecule has 0 saturated heterocycles. The van der Waals surface area contributed by atoms with Gasteiger partial charge in [0.1, 0.15) is 0 Å². The second-order valence-corrected chi connectivity index (χ2v) is 4.80. The number of rotatable bonds is 6. The SMILES string of the molecule is CCCCCC(C)(C)C(=O)OC(C)C. The monoisotopic (exact) mass is 200 g/mol. The topological polar surface area (TPSA) is 26.3 Å². The molecule has 0 radical (unpaired) electrons. The molecule has 0 saturated carbocycles. The van der Waals surface area contributed by atoms with Crippen LogP contribution in [-0.4, -0.2) is 12.1 Å². The maximum Gasteiger partial charge on any atom is 0.311 e. The number of esters is 1. The Hall–Kier alpha value is -0.530. The Morgan fingerprint density at radius 3 is 2.29 bits per heavy atom. The first-order valence-electron chi connectivity index (χ1n) is 5.61. The number of ether oxygens (including phenoxy) is 1. The van der Waals surface area contributed by atoms with E-state index in [2.05, 4.69) is 6.92 Å². The second kappa shape index (κ2) is 6.05. The summed E-state index contributed by atoms with van der Waals surface area (Å²) >= 11 is 0. The lowest BCUT2D eigenvalue weighted by Gasteiger charge is -2.23. The zero-order valence-corrected chi connectivity index (χ0v) is 10.2. The Bertz CT molecular complexity index is 171. The van der Waals surface area contributed by atoms with Crippen molar-refractivity contribution in [2.45, 2.75) is 66.4 Å². The third-order valence-electron chi connectivity index (χ3n) is 2.30. The van der Waals surface area contributed by atoms with Crippen LogP contribution in [0.3, 0.4) is 0 Å². The van der Waals surface area contributed by atoms with Crippen LogP contribution >= 0.6 is 0 Å². The van der Waals surface area contributed by atoms with E-state index in [-0.39, 0.29) is 17.5 Å². The van der Waals surface area contributed by atoms with E-state index >= 15 is 0 Å². The lowest BCUT2D eigenvalue weighted by Crippen LogP contribution is -2.28. The summed E-state index contributed by atoms with van der Waals surface area (Å²) in [5.41, 5.74) is -0.320. The van der Waals surface area contributed by atoms with Crippen molar-refractivity contribution in [2.75, 3.05) is 0 Å². The van der Waals surface area contributed by atoms with Gasteiger partial charge in [0.05, 0.1) is 11.5 Å². The van der Waals surface area contributed by atoms with Crippen LogP contribution in [-0.2, 0) is 9.53 Å². The minimum absolute atomic E-state index is 0.00653. The Kier molecular flexibility index (Phi) is 5.82. The van der Waals surface area contributed by atoms with Crippen LogP contribution in [0.2, 0.25) is 0 Å². The molecule has 0 rings (SSSR count). The highest BCUT2D eigenvalue weighted by Crippen LogP contribution is 2.25. The van der Waals surface area contributed by atoms with Crippen molar-refractivity contribution in [1.82, 2.24) is 0 Å². The fourth-order valence-electron chi connectivity index (χ4n) is 1.29. The van der Waals surface area contributed by atoms with Gasteiger partial charge >= 0.3 is 5.97 Å². The summed E-state index contributed by atoms with van der Waals surface area (Å²) in [4.78, 5) is 11.6. The van der Waals surface area contributed by atoms with Gasteiger partial charge in [-0.05, 0) is 34.1 Å². The molecular formula is C12H24O2. The first-order valence-corrected chi connectivity index (χ1v) is 5.61. The number of hydrogen-bond donors (Lipinski definition) is 0. The average Bonchev–Trinajstić information content (AvgIpc) is 2.03. The highest BCUT2D eigenvalue weighted by Gasteiger charge is 2.29. The van der Waals surface area contributed by atoms with Crippen molar-refractivity contribution < 1.29 is 9.53 Å². The van der Waals surface area contributed by atoms with E-state index < -0.39 is 0 Å². The van der Waals surface area contributed by atoms with E-state index in [1.165, 1.54) is 12.8 Å². The third kappa shape index (κ3) is 5.25. The minimum atomic E-state index is -0.320. The number of unbranched alkanes of at least 4 members (excludes halogenated alkanes) is 2. The van der Waals surface area contributed by atoms with Crippen LogP contribution in [0.5, 0.6) is 0 Å². The van der Waals surface area contributed by atoms with E-state index in [1.54, 1.807) is 0 Å². The Morgan fingerprint density at radius 2 is 1.86 bits per heavy atom. The molecule has 0 aromatic rings. The predicted molar refractivity (Wildman–Crippen MR) is 59.2 cm³/mol. The van der Waals surface area contributed by atoms with Crippen LogP contribution in [0.15, 0.2) is 0 Å². The quantitative estimate of drug-likeness (QED) is 0.484. The van der Waals surface area contributed by atoms with Crippen LogP contribution in [0.25, 0.3) is 0 Å². The maximum absolute atomic E-state index is 11.6. The lowest BCUT2D eigenvalue weighted by molar-refractivity contribution is -0.158. The molecular weight excluding hydrogens is 176 g/mol. The van der Waals surface area contributed by atoms with E-state index in [0.717, 1.165) is 12.8 Å². The molecule has 0 aromatic heterocycles. The second-order valence-electron chi connectivity index (χ2n) is 4.80. The number of carbonyl (C=O) groups excluding carboxylic acids is 1. The molecule has 2 heteroatoms. The van der Waals surface area contributed by atoms with Crippen molar-refractivity contribution >= 4 is 5.97 Å². The van der Waals surface area contributed by atoms with Crippen LogP contribution in [0.4, 0.5) is 0 Å². The van der Waals surface area contributed by atoms with Gasteiger partial charge in [-0.1, -0.05) is 26.2 Å². The molecule has 2 nitrogen and oxygen atoms in total. The molecule has 0 N–H and O–H groups in total. The highest BCUT2D eigenvalue weighted by molar-refractivity contribution is 5.75. The van der Waals surface area contributed by atoms with Crippen molar-refractivity contribution in [3.05, 3.63) is 0 Å². The van der Waals surface area contributed by atoms with Gasteiger partial charge in [-0.15, -0.1) is 0 Å². The number of carbonyl (C=O) groups is 1. The molecule has 14 heavy (non-hydrogen) atoms. The van der Waals surface area contributed by atoms with Crippen molar-refractivity contribution in [3.8, 4) is 0 Å². The largest absolute Gasteiger partial charge is 0.463 e. The van der Waals surface area contributed by atoms with Crippen LogP contribution < -0.4 is 0 Å². The molecule has 0 amide bonds. The Balaban J connectivity index is 3.96. The normalized spacial score (nSPS) is 11.9. The summed E-state index contributed by atoms with van der Waals surface area (Å²) in [5.74, 6) is -0.0661. The standard InChI is InChI=1S/C12H24O2/c1-6-7-8-9-12(4,5)11(13)14-10(2)3/h10H,6-9H2,1-5H3. The summed E-state index contributed by atoms with van der Waals surface area (Å²) in [6.07, 6.45) is 4.41. The first-order chi connectivity index (χ1) is 6.40. The maximum atomic E-state index is 11.6. The van der Waals surface area contributed by atoms with Gasteiger partial charge in [0.15, 0.2) is 0 Å². The molecule has 0 aromatic carbocycles. The van der Waals surface area contributed by atoms with Gasteiger partial charge in [0, 0.05) is 0 Å². The first kappa shape index (κ1) is 13.5. The fraction of sp³-hybridized carbons (Fsp3) is 0.917. The van der Waals surface area contributed by atoms with Gasteiger partial charge in [0.25, 0.3) is 0 Å². The molecule has 0 heterocycles. The van der Waals surface area contributed by atoms with Gasteiger partial charge in [-0.25, -0.2) is 0 Å². The minimum Gasteiger partial charge on any atom is -0.463 e. The summed E-state index contributed by atoms with van der Waals surface area (Å²) < 4.78 is 5.21. The van der Waals surface area contributed by atoms with E-state index in [9.17, 15) is 4.79 Å². The average molecular weight is 200 g/mol. The smallest absolute Gasteiger partial charge is 0.311 e. The molecule has 84 valence electrons. The summed E-state index contributed by atoms with van der Waals surface area (Å²) in [6.45, 7) is 9.88. The molecule has 0 aliphatic rings. The Labute approximate surface area is 88.0 Å². The van der Waals surface area contributed by atoms with E-state index in [4.69, 9.17) is 4.74 Å². The zero-order valence-electron chi connectivity index (χ0n) is 10.2. The summed E-state index contributed by atoms with van der Waals surface area (Å²) in [7, 11) is 0. The molecule has 0 unspecified atom stereocenters. The molecule has 0 atom stereocenters. The Morgan fingerprint density at radius 1 is 1.29 bits per heavy atom. The van der Waals surface area contributed by atoms with Crippen LogP contribution in [0, 0.1) is 5.41 Å². The molecule has 0 aliphatic heterocycles. The third-order valence-corrected chi connectivity index (χ3v) is 2.30. The predicted octanol–water partition coefficient (Wildman–Crippen LogP) is 3.54. The fourth-order valence-corrected chi connectivity index (χ4v) is 1.29. The lowest BCUT2D eigenvalue weighted by atomic mass is 9.87. The molecule has 0 bridgehead atoms. The molecule has 0 fully saturated rings. The van der Waals surface area contributed by atoms with Crippen molar-refractivity contribution in [2.24, 2.45) is 5.41 Å². The van der Waals surface area contributed by atoms with Gasteiger partial charge in [-0.2, -0.15) is 0 Å².